The molecule has 3 nitrogen and oxygen atoms in total. The molecule has 0 bridgehead atoms. The Kier molecular flexibility index (Phi) is 3.60. The predicted octanol–water partition coefficient (Wildman–Crippen LogP) is 3.57. The van der Waals surface area contributed by atoms with Crippen molar-refractivity contribution in [1.82, 2.24) is 4.98 Å². The van der Waals surface area contributed by atoms with Gasteiger partial charge in [-0.05, 0) is 37.6 Å². The number of hydrogen-bond acceptors (Lipinski definition) is 3. The molecule has 0 aliphatic rings. The average Bonchev–Trinajstić information content (AvgIpc) is 2.30. The van der Waals surface area contributed by atoms with E-state index in [-0.39, 0.29) is 0 Å². The van der Waals surface area contributed by atoms with Crippen LogP contribution in [0, 0.1) is 6.92 Å². The van der Waals surface area contributed by atoms with E-state index in [1.54, 1.807) is 6.20 Å². The van der Waals surface area contributed by atoms with Gasteiger partial charge in [-0.15, -0.1) is 0 Å². The van der Waals surface area contributed by atoms with Crippen molar-refractivity contribution in [1.29, 1.82) is 0 Å². The van der Waals surface area contributed by atoms with Crippen LogP contribution in [0.4, 0.5) is 17.2 Å². The Morgan fingerprint density at radius 2 is 1.94 bits per heavy atom. The third kappa shape index (κ3) is 3.21. The molecule has 1 aromatic carbocycles. The summed E-state index contributed by atoms with van der Waals surface area (Å²) in [6.07, 6.45) is 1.80. The normalized spacial score (nSPS) is 10.0. The molecule has 0 aliphatic heterocycles. The molecule has 0 fully saturated rings. The number of pyridine rings is 1. The van der Waals surface area contributed by atoms with Gasteiger partial charge >= 0.3 is 0 Å². The number of nitrogens with zero attached hydrogens (tertiary/aromatic N) is 1. The smallest absolute Gasteiger partial charge is 0.127 e. The van der Waals surface area contributed by atoms with Gasteiger partial charge in [0.15, 0.2) is 0 Å². The second-order valence-electron chi connectivity index (χ2n) is 3.95. The first kappa shape index (κ1) is 11.5. The van der Waals surface area contributed by atoms with E-state index in [0.29, 0.717) is 0 Å². The van der Waals surface area contributed by atoms with Crippen LogP contribution in [0.3, 0.4) is 0 Å². The Balaban J connectivity index is 2.15. The highest BCUT2D eigenvalue weighted by atomic mass is 15.0. The van der Waals surface area contributed by atoms with Crippen molar-refractivity contribution in [2.45, 2.75) is 13.8 Å². The summed E-state index contributed by atoms with van der Waals surface area (Å²) in [5.41, 5.74) is 3.39. The number of rotatable bonds is 4. The predicted molar refractivity (Wildman–Crippen MR) is 72.9 cm³/mol. The van der Waals surface area contributed by atoms with Gasteiger partial charge in [0.1, 0.15) is 5.82 Å². The number of anilines is 3. The van der Waals surface area contributed by atoms with Gasteiger partial charge < -0.3 is 10.6 Å². The SMILES string of the molecule is CCNc1cc(Nc2cccc(C)c2)ccn1. The summed E-state index contributed by atoms with van der Waals surface area (Å²) in [6.45, 7) is 5.02. The summed E-state index contributed by atoms with van der Waals surface area (Å²) in [7, 11) is 0. The largest absolute Gasteiger partial charge is 0.370 e. The van der Waals surface area contributed by atoms with E-state index in [9.17, 15) is 0 Å². The van der Waals surface area contributed by atoms with Crippen LogP contribution in [0.15, 0.2) is 42.6 Å². The van der Waals surface area contributed by atoms with Gasteiger partial charge in [0.25, 0.3) is 0 Å². The van der Waals surface area contributed by atoms with Gasteiger partial charge in [0, 0.05) is 30.2 Å². The first-order valence-electron chi connectivity index (χ1n) is 5.81. The van der Waals surface area contributed by atoms with E-state index in [2.05, 4.69) is 47.7 Å². The Morgan fingerprint density at radius 1 is 1.12 bits per heavy atom. The van der Waals surface area contributed by atoms with Gasteiger partial charge in [-0.3, -0.25) is 0 Å². The Bertz CT molecular complexity index is 494. The van der Waals surface area contributed by atoms with Crippen molar-refractivity contribution in [2.75, 3.05) is 17.2 Å². The molecule has 0 atom stereocenters. The van der Waals surface area contributed by atoms with Gasteiger partial charge in [-0.2, -0.15) is 0 Å². The molecule has 17 heavy (non-hydrogen) atoms. The van der Waals surface area contributed by atoms with Crippen LogP contribution in [0.2, 0.25) is 0 Å². The van der Waals surface area contributed by atoms with Gasteiger partial charge in [0.2, 0.25) is 0 Å². The first-order valence-corrected chi connectivity index (χ1v) is 5.81. The second-order valence-corrected chi connectivity index (χ2v) is 3.95. The molecule has 0 saturated heterocycles. The van der Waals surface area contributed by atoms with Crippen molar-refractivity contribution < 1.29 is 0 Å². The van der Waals surface area contributed by atoms with Crippen LogP contribution in [-0.4, -0.2) is 11.5 Å². The maximum atomic E-state index is 4.24. The highest BCUT2D eigenvalue weighted by molar-refractivity contribution is 5.62. The highest BCUT2D eigenvalue weighted by Gasteiger charge is 1.97. The number of aromatic nitrogens is 1. The summed E-state index contributed by atoms with van der Waals surface area (Å²) in [5.74, 6) is 0.894. The van der Waals surface area contributed by atoms with E-state index in [0.717, 1.165) is 23.7 Å². The monoisotopic (exact) mass is 227 g/mol. The Hall–Kier alpha value is -2.03. The zero-order chi connectivity index (χ0) is 12.1. The summed E-state index contributed by atoms with van der Waals surface area (Å²) in [4.78, 5) is 4.24. The molecule has 2 aromatic rings. The molecule has 0 aliphatic carbocycles. The molecule has 88 valence electrons. The van der Waals surface area contributed by atoms with Crippen LogP contribution in [0.25, 0.3) is 0 Å². The minimum atomic E-state index is 0.876. The Morgan fingerprint density at radius 3 is 2.71 bits per heavy atom. The van der Waals surface area contributed by atoms with E-state index >= 15 is 0 Å². The number of nitrogens with one attached hydrogen (secondary N) is 2. The summed E-state index contributed by atoms with van der Waals surface area (Å²) in [6, 6.07) is 12.3. The van der Waals surface area contributed by atoms with Gasteiger partial charge in [-0.25, -0.2) is 4.98 Å². The number of aryl methyl sites for hydroxylation is 1. The van der Waals surface area contributed by atoms with Crippen LogP contribution in [-0.2, 0) is 0 Å². The van der Waals surface area contributed by atoms with Crippen molar-refractivity contribution in [2.24, 2.45) is 0 Å². The fraction of sp³-hybridized carbons (Fsp3) is 0.214. The molecular formula is C14H17N3. The zero-order valence-electron chi connectivity index (χ0n) is 10.2. The van der Waals surface area contributed by atoms with E-state index in [1.807, 2.05) is 18.2 Å². The fourth-order valence-corrected chi connectivity index (χ4v) is 1.68. The van der Waals surface area contributed by atoms with E-state index in [4.69, 9.17) is 0 Å². The minimum absolute atomic E-state index is 0.876. The minimum Gasteiger partial charge on any atom is -0.370 e. The topological polar surface area (TPSA) is 37.0 Å². The van der Waals surface area contributed by atoms with E-state index in [1.165, 1.54) is 5.56 Å². The lowest BCUT2D eigenvalue weighted by Gasteiger charge is -2.09. The molecule has 0 radical (unpaired) electrons. The quantitative estimate of drug-likeness (QED) is 0.838. The molecule has 2 rings (SSSR count). The van der Waals surface area contributed by atoms with Gasteiger partial charge in [-0.1, -0.05) is 12.1 Å². The van der Waals surface area contributed by atoms with E-state index < -0.39 is 0 Å². The average molecular weight is 227 g/mol. The maximum Gasteiger partial charge on any atom is 0.127 e. The lowest BCUT2D eigenvalue weighted by molar-refractivity contribution is 1.16. The molecule has 1 heterocycles. The number of hydrogen-bond donors (Lipinski definition) is 2. The van der Waals surface area contributed by atoms with Crippen LogP contribution >= 0.6 is 0 Å². The van der Waals surface area contributed by atoms with Crippen LogP contribution in [0.1, 0.15) is 12.5 Å². The maximum absolute atomic E-state index is 4.24. The fourth-order valence-electron chi connectivity index (χ4n) is 1.68. The summed E-state index contributed by atoms with van der Waals surface area (Å²) >= 11 is 0. The summed E-state index contributed by atoms with van der Waals surface area (Å²) in [5, 5.41) is 6.56. The van der Waals surface area contributed by atoms with Crippen molar-refractivity contribution >= 4 is 17.2 Å². The third-order valence-electron chi connectivity index (χ3n) is 2.42. The first-order chi connectivity index (χ1) is 8.28. The Labute approximate surface area is 102 Å². The van der Waals surface area contributed by atoms with Crippen molar-refractivity contribution in [3.05, 3.63) is 48.2 Å². The molecule has 0 amide bonds. The van der Waals surface area contributed by atoms with Crippen molar-refractivity contribution in [3.8, 4) is 0 Å². The molecule has 0 saturated carbocycles. The molecular weight excluding hydrogens is 210 g/mol. The molecule has 0 unspecified atom stereocenters. The van der Waals surface area contributed by atoms with Crippen molar-refractivity contribution in [3.63, 3.8) is 0 Å². The molecule has 2 N–H and O–H groups in total. The third-order valence-corrected chi connectivity index (χ3v) is 2.42. The highest BCUT2D eigenvalue weighted by Crippen LogP contribution is 2.19. The summed E-state index contributed by atoms with van der Waals surface area (Å²) < 4.78 is 0. The van der Waals surface area contributed by atoms with Crippen LogP contribution < -0.4 is 10.6 Å². The molecule has 0 spiro atoms. The van der Waals surface area contributed by atoms with Crippen LogP contribution in [0.5, 0.6) is 0 Å². The standard InChI is InChI=1S/C14H17N3/c1-3-15-14-10-13(7-8-16-14)17-12-6-4-5-11(2)9-12/h4-10H,3H2,1-2H3,(H2,15,16,17). The lowest BCUT2D eigenvalue weighted by atomic mass is 10.2. The lowest BCUT2D eigenvalue weighted by Crippen LogP contribution is -1.99. The second kappa shape index (κ2) is 5.34. The molecule has 1 aromatic heterocycles. The van der Waals surface area contributed by atoms with Gasteiger partial charge in [0.05, 0.1) is 0 Å². The number of benzene rings is 1. The molecule has 3 heteroatoms. The zero-order valence-corrected chi connectivity index (χ0v) is 10.2.